The van der Waals surface area contributed by atoms with E-state index in [2.05, 4.69) is 45.1 Å². The molecule has 31 heavy (non-hydrogen) atoms. The second kappa shape index (κ2) is 8.11. The van der Waals surface area contributed by atoms with Crippen LogP contribution in [0.15, 0.2) is 46.9 Å². The lowest BCUT2D eigenvalue weighted by atomic mass is 10.0. The van der Waals surface area contributed by atoms with E-state index in [0.717, 1.165) is 28.3 Å². The molecule has 1 N–H and O–H groups in total. The maximum absolute atomic E-state index is 13.1. The third-order valence-electron chi connectivity index (χ3n) is 5.43. The number of aryl methyl sites for hydroxylation is 1. The van der Waals surface area contributed by atoms with Crippen molar-refractivity contribution < 1.29 is 14.4 Å². The van der Waals surface area contributed by atoms with Gasteiger partial charge >= 0.3 is 0 Å². The van der Waals surface area contributed by atoms with Crippen LogP contribution in [-0.4, -0.2) is 40.8 Å². The maximum Gasteiger partial charge on any atom is 0.282 e. The van der Waals surface area contributed by atoms with Crippen molar-refractivity contribution in [3.05, 3.63) is 69.3 Å². The number of benzene rings is 2. The minimum Gasteiger partial charge on any atom is -0.372 e. The second-order valence-corrected chi connectivity index (χ2v) is 8.13. The van der Waals surface area contributed by atoms with Gasteiger partial charge in [-0.25, -0.2) is 0 Å². The fourth-order valence-corrected chi connectivity index (χ4v) is 4.20. The van der Waals surface area contributed by atoms with Gasteiger partial charge in [0, 0.05) is 34.2 Å². The summed E-state index contributed by atoms with van der Waals surface area (Å²) < 4.78 is 0.767. The molecule has 0 bridgehead atoms. The molecule has 0 fully saturated rings. The Morgan fingerprint density at radius 2 is 1.68 bits per heavy atom. The maximum atomic E-state index is 13.1. The number of hydrogen-bond donors (Lipinski definition) is 1. The molecule has 7 nitrogen and oxygen atoms in total. The second-order valence-electron chi connectivity index (χ2n) is 7.21. The summed E-state index contributed by atoms with van der Waals surface area (Å²) in [4.78, 5) is 45.5. The number of fused-ring (bicyclic) bond motifs is 3. The number of carbonyl (C=O) groups excluding carboxylic acids is 3. The van der Waals surface area contributed by atoms with Crippen LogP contribution < -0.4 is 10.3 Å². The van der Waals surface area contributed by atoms with Crippen LogP contribution in [0.25, 0.3) is 10.9 Å². The van der Waals surface area contributed by atoms with Gasteiger partial charge in [-0.3, -0.25) is 24.8 Å². The first-order valence-electron chi connectivity index (χ1n) is 10.00. The molecule has 4 rings (SSSR count). The zero-order chi connectivity index (χ0) is 22.3. The molecule has 3 aromatic rings. The van der Waals surface area contributed by atoms with Gasteiger partial charge in [-0.1, -0.05) is 15.9 Å². The summed E-state index contributed by atoms with van der Waals surface area (Å²) in [5.74, 6) is -1.68. The van der Waals surface area contributed by atoms with Gasteiger partial charge in [0.25, 0.3) is 17.7 Å². The largest absolute Gasteiger partial charge is 0.372 e. The predicted molar refractivity (Wildman–Crippen MR) is 122 cm³/mol. The Bertz CT molecular complexity index is 1220. The van der Waals surface area contributed by atoms with Gasteiger partial charge in [-0.2, -0.15) is 5.01 Å². The Hall–Kier alpha value is -3.26. The fourth-order valence-electron chi connectivity index (χ4n) is 3.84. The molecule has 0 radical (unpaired) electrons. The number of hydrogen-bond acceptors (Lipinski definition) is 5. The van der Waals surface area contributed by atoms with Crippen molar-refractivity contribution in [1.82, 2.24) is 15.4 Å². The van der Waals surface area contributed by atoms with Gasteiger partial charge in [0.1, 0.15) is 0 Å². The smallest absolute Gasteiger partial charge is 0.282 e. The van der Waals surface area contributed by atoms with Gasteiger partial charge in [-0.15, -0.1) is 0 Å². The van der Waals surface area contributed by atoms with Gasteiger partial charge < -0.3 is 4.90 Å². The summed E-state index contributed by atoms with van der Waals surface area (Å²) in [5.41, 5.74) is 5.35. The Morgan fingerprint density at radius 3 is 2.32 bits per heavy atom. The van der Waals surface area contributed by atoms with Crippen LogP contribution in [0.4, 0.5) is 5.69 Å². The number of carbonyl (C=O) groups is 3. The SMILES string of the molecule is CCN(CC)c1ccc(C(=O)NN2C(=O)c3c(C)nc4ccc(Br)cc4c3C2=O)cc1. The fraction of sp³-hybridized carbons (Fsp3) is 0.217. The molecule has 1 aliphatic heterocycles. The minimum absolute atomic E-state index is 0.216. The molecule has 3 amide bonds. The van der Waals surface area contributed by atoms with E-state index in [1.807, 2.05) is 18.2 Å². The Labute approximate surface area is 188 Å². The monoisotopic (exact) mass is 480 g/mol. The standard InChI is InChI=1S/C23H21BrN4O3/c1-4-27(5-2)16-9-6-14(7-10-16)21(29)26-28-22(30)19-13(3)25-18-11-8-15(24)12-17(18)20(19)23(28)31/h6-12H,4-5H2,1-3H3,(H,26,29). The number of amides is 3. The van der Waals surface area contributed by atoms with E-state index < -0.39 is 17.7 Å². The molecule has 0 aliphatic carbocycles. The average molecular weight is 481 g/mol. The number of nitrogens with zero attached hydrogens (tertiary/aromatic N) is 3. The van der Waals surface area contributed by atoms with Crippen molar-refractivity contribution in [3.63, 3.8) is 0 Å². The zero-order valence-corrected chi connectivity index (χ0v) is 19.0. The van der Waals surface area contributed by atoms with Crippen LogP contribution in [0.2, 0.25) is 0 Å². The Morgan fingerprint density at radius 1 is 1.03 bits per heavy atom. The molecule has 0 saturated carbocycles. The number of nitrogens with one attached hydrogen (secondary N) is 1. The predicted octanol–water partition coefficient (Wildman–Crippen LogP) is 4.09. The minimum atomic E-state index is -0.583. The Kier molecular flexibility index (Phi) is 5.49. The van der Waals surface area contributed by atoms with E-state index in [1.54, 1.807) is 31.2 Å². The van der Waals surface area contributed by atoms with Crippen LogP contribution >= 0.6 is 15.9 Å². The van der Waals surface area contributed by atoms with E-state index in [9.17, 15) is 14.4 Å². The first-order chi connectivity index (χ1) is 14.8. The van der Waals surface area contributed by atoms with Crippen molar-refractivity contribution in [2.75, 3.05) is 18.0 Å². The third-order valence-corrected chi connectivity index (χ3v) is 5.93. The molecule has 1 aromatic heterocycles. The van der Waals surface area contributed by atoms with Crippen molar-refractivity contribution in [3.8, 4) is 0 Å². The first-order valence-corrected chi connectivity index (χ1v) is 10.8. The summed E-state index contributed by atoms with van der Waals surface area (Å²) in [7, 11) is 0. The number of anilines is 1. The summed E-state index contributed by atoms with van der Waals surface area (Å²) in [6, 6.07) is 12.4. The highest BCUT2D eigenvalue weighted by Gasteiger charge is 2.40. The molecule has 0 spiro atoms. The Balaban J connectivity index is 1.64. The molecule has 0 atom stereocenters. The quantitative estimate of drug-likeness (QED) is 0.556. The van der Waals surface area contributed by atoms with Crippen LogP contribution in [0, 0.1) is 6.92 Å². The number of pyridine rings is 1. The molecular formula is C23H21BrN4O3. The molecule has 0 saturated heterocycles. The average Bonchev–Trinajstić information content (AvgIpc) is 3.01. The van der Waals surface area contributed by atoms with Gasteiger partial charge in [0.2, 0.25) is 0 Å². The van der Waals surface area contributed by atoms with Gasteiger partial charge in [-0.05, 0) is 63.2 Å². The van der Waals surface area contributed by atoms with Crippen LogP contribution in [-0.2, 0) is 0 Å². The van der Waals surface area contributed by atoms with E-state index >= 15 is 0 Å². The highest BCUT2D eigenvalue weighted by molar-refractivity contribution is 9.10. The molecule has 0 unspecified atom stereocenters. The van der Waals surface area contributed by atoms with Gasteiger partial charge in [0.05, 0.1) is 22.3 Å². The summed E-state index contributed by atoms with van der Waals surface area (Å²) >= 11 is 3.40. The van der Waals surface area contributed by atoms with Gasteiger partial charge in [0.15, 0.2) is 0 Å². The van der Waals surface area contributed by atoms with Crippen molar-refractivity contribution in [2.24, 2.45) is 0 Å². The van der Waals surface area contributed by atoms with Crippen LogP contribution in [0.3, 0.4) is 0 Å². The highest BCUT2D eigenvalue weighted by atomic mass is 79.9. The lowest BCUT2D eigenvalue weighted by molar-refractivity contribution is 0.0518. The molecule has 8 heteroatoms. The normalized spacial score (nSPS) is 13.0. The summed E-state index contributed by atoms with van der Waals surface area (Å²) in [5, 5.41) is 1.34. The number of imide groups is 1. The van der Waals surface area contributed by atoms with Crippen molar-refractivity contribution >= 4 is 50.2 Å². The number of aromatic nitrogens is 1. The zero-order valence-electron chi connectivity index (χ0n) is 17.4. The summed E-state index contributed by atoms with van der Waals surface area (Å²) in [6.45, 7) is 7.52. The van der Waals surface area contributed by atoms with Crippen molar-refractivity contribution in [1.29, 1.82) is 0 Å². The lowest BCUT2D eigenvalue weighted by Gasteiger charge is -2.21. The first kappa shape index (κ1) is 21.0. The topological polar surface area (TPSA) is 82.6 Å². The number of halogens is 1. The molecule has 2 aromatic carbocycles. The van der Waals surface area contributed by atoms with Crippen LogP contribution in [0.1, 0.15) is 50.6 Å². The van der Waals surface area contributed by atoms with Crippen LogP contribution in [0.5, 0.6) is 0 Å². The van der Waals surface area contributed by atoms with E-state index in [4.69, 9.17) is 0 Å². The molecular weight excluding hydrogens is 460 g/mol. The lowest BCUT2D eigenvalue weighted by Crippen LogP contribution is -2.45. The van der Waals surface area contributed by atoms with Crippen molar-refractivity contribution in [2.45, 2.75) is 20.8 Å². The van der Waals surface area contributed by atoms with E-state index in [0.29, 0.717) is 22.2 Å². The highest BCUT2D eigenvalue weighted by Crippen LogP contribution is 2.32. The third kappa shape index (κ3) is 3.57. The van der Waals surface area contributed by atoms with E-state index in [-0.39, 0.29) is 11.1 Å². The summed E-state index contributed by atoms with van der Waals surface area (Å²) in [6.07, 6.45) is 0. The van der Waals surface area contributed by atoms with E-state index in [1.165, 1.54) is 0 Å². The molecule has 1 aliphatic rings. The number of rotatable bonds is 5. The molecule has 2 heterocycles. The number of hydrazine groups is 1. The molecule has 158 valence electrons.